The van der Waals surface area contributed by atoms with Gasteiger partial charge in [-0.1, -0.05) is 0 Å². The lowest BCUT2D eigenvalue weighted by Gasteiger charge is -2.19. The molecule has 0 aliphatic rings. The van der Waals surface area contributed by atoms with Crippen LogP contribution in [0.1, 0.15) is 22.8 Å². The van der Waals surface area contributed by atoms with Crippen molar-refractivity contribution in [3.8, 4) is 5.75 Å². The van der Waals surface area contributed by atoms with Crippen LogP contribution < -0.4 is 0 Å². The molecule has 0 heterocycles. The second kappa shape index (κ2) is 5.34. The summed E-state index contributed by atoms with van der Waals surface area (Å²) in [5, 5.41) is 17.9. The Kier molecular flexibility index (Phi) is 4.09. The van der Waals surface area contributed by atoms with Crippen LogP contribution in [0.3, 0.4) is 0 Å². The van der Waals surface area contributed by atoms with Gasteiger partial charge in [0.05, 0.1) is 0 Å². The summed E-state index contributed by atoms with van der Waals surface area (Å²) in [7, 11) is 0. The maximum absolute atomic E-state index is 12.0. The molecule has 0 aliphatic carbocycles. The number of hydrogen-bond acceptors (Lipinski definition) is 3. The van der Waals surface area contributed by atoms with Crippen molar-refractivity contribution in [3.63, 3.8) is 0 Å². The van der Waals surface area contributed by atoms with E-state index in [4.69, 9.17) is 5.11 Å². The second-order valence-corrected chi connectivity index (χ2v) is 3.71. The molecule has 0 unspecified atom stereocenters. The van der Waals surface area contributed by atoms with E-state index in [0.29, 0.717) is 17.7 Å². The molecule has 0 bridgehead atoms. The predicted octanol–water partition coefficient (Wildman–Crippen LogP) is 1.25. The molecule has 0 saturated carbocycles. The van der Waals surface area contributed by atoms with Gasteiger partial charge in [0.25, 0.3) is 5.91 Å². The summed E-state index contributed by atoms with van der Waals surface area (Å²) < 4.78 is 0. The third kappa shape index (κ3) is 3.21. The molecular formula is C12H15NO4. The van der Waals surface area contributed by atoms with Crippen molar-refractivity contribution in [1.82, 2.24) is 4.90 Å². The molecule has 1 aromatic carbocycles. The Morgan fingerprint density at radius 3 is 2.47 bits per heavy atom. The van der Waals surface area contributed by atoms with Crippen molar-refractivity contribution in [2.24, 2.45) is 0 Å². The second-order valence-electron chi connectivity index (χ2n) is 3.71. The molecule has 0 fully saturated rings. The molecule has 1 rings (SSSR count). The first-order valence-corrected chi connectivity index (χ1v) is 5.26. The maximum Gasteiger partial charge on any atom is 0.323 e. The molecule has 0 spiro atoms. The minimum absolute atomic E-state index is 0.0836. The molecular weight excluding hydrogens is 222 g/mol. The van der Waals surface area contributed by atoms with Crippen LogP contribution in [0.25, 0.3) is 0 Å². The van der Waals surface area contributed by atoms with Crippen molar-refractivity contribution in [2.75, 3.05) is 13.1 Å². The molecule has 1 amide bonds. The average Bonchev–Trinajstić information content (AvgIpc) is 2.24. The molecule has 0 atom stereocenters. The van der Waals surface area contributed by atoms with Crippen LogP contribution in [-0.4, -0.2) is 40.1 Å². The Labute approximate surface area is 99.3 Å². The molecule has 1 aromatic rings. The first-order chi connectivity index (χ1) is 7.95. The summed E-state index contributed by atoms with van der Waals surface area (Å²) in [4.78, 5) is 23.9. The number of amides is 1. The Bertz CT molecular complexity index is 442. The molecule has 17 heavy (non-hydrogen) atoms. The molecule has 92 valence electrons. The normalized spacial score (nSPS) is 10.0. The number of rotatable bonds is 4. The van der Waals surface area contributed by atoms with Crippen molar-refractivity contribution in [3.05, 3.63) is 29.3 Å². The molecule has 5 nitrogen and oxygen atoms in total. The number of hydrogen-bond donors (Lipinski definition) is 2. The molecule has 0 saturated heterocycles. The minimum atomic E-state index is -1.04. The first-order valence-electron chi connectivity index (χ1n) is 5.26. The third-order valence-corrected chi connectivity index (χ3v) is 2.44. The van der Waals surface area contributed by atoms with E-state index in [1.165, 1.54) is 23.1 Å². The average molecular weight is 237 g/mol. The molecule has 2 N–H and O–H groups in total. The van der Waals surface area contributed by atoms with Crippen molar-refractivity contribution in [1.29, 1.82) is 0 Å². The largest absolute Gasteiger partial charge is 0.508 e. The van der Waals surface area contributed by atoms with Crippen LogP contribution in [0, 0.1) is 6.92 Å². The molecule has 0 radical (unpaired) electrons. The Hall–Kier alpha value is -2.04. The van der Waals surface area contributed by atoms with E-state index in [2.05, 4.69) is 0 Å². The SMILES string of the molecule is CCN(CC(=O)O)C(=O)c1ccc(O)cc1C. The number of aliphatic carboxylic acids is 1. The van der Waals surface area contributed by atoms with Crippen LogP contribution in [-0.2, 0) is 4.79 Å². The number of phenols is 1. The molecule has 0 aromatic heterocycles. The van der Waals surface area contributed by atoms with Crippen LogP contribution in [0.4, 0.5) is 0 Å². The van der Waals surface area contributed by atoms with Crippen LogP contribution in [0.15, 0.2) is 18.2 Å². The number of aromatic hydroxyl groups is 1. The number of aryl methyl sites for hydroxylation is 1. The number of carboxylic acids is 1. The van der Waals surface area contributed by atoms with E-state index >= 15 is 0 Å². The number of carbonyl (C=O) groups is 2. The minimum Gasteiger partial charge on any atom is -0.508 e. The fourth-order valence-corrected chi connectivity index (χ4v) is 1.55. The van der Waals surface area contributed by atoms with Gasteiger partial charge in [0, 0.05) is 12.1 Å². The van der Waals surface area contributed by atoms with Crippen LogP contribution in [0.2, 0.25) is 0 Å². The van der Waals surface area contributed by atoms with E-state index in [0.717, 1.165) is 0 Å². The Balaban J connectivity index is 2.97. The van der Waals surface area contributed by atoms with E-state index < -0.39 is 5.97 Å². The zero-order chi connectivity index (χ0) is 13.0. The van der Waals surface area contributed by atoms with Gasteiger partial charge < -0.3 is 15.1 Å². The summed E-state index contributed by atoms with van der Waals surface area (Å²) >= 11 is 0. The highest BCUT2D eigenvalue weighted by Crippen LogP contribution is 2.17. The smallest absolute Gasteiger partial charge is 0.323 e. The zero-order valence-electron chi connectivity index (χ0n) is 9.80. The van der Waals surface area contributed by atoms with E-state index in [1.807, 2.05) is 0 Å². The standard InChI is InChI=1S/C12H15NO4/c1-3-13(7-11(15)16)12(17)10-5-4-9(14)6-8(10)2/h4-6,14H,3,7H2,1-2H3,(H,15,16). The van der Waals surface area contributed by atoms with Gasteiger partial charge in [0.1, 0.15) is 12.3 Å². The van der Waals surface area contributed by atoms with Crippen LogP contribution >= 0.6 is 0 Å². The van der Waals surface area contributed by atoms with E-state index in [9.17, 15) is 14.7 Å². The number of benzene rings is 1. The number of phenolic OH excluding ortho intramolecular Hbond substituents is 1. The Morgan fingerprint density at radius 2 is 2.00 bits per heavy atom. The number of nitrogens with zero attached hydrogens (tertiary/aromatic N) is 1. The topological polar surface area (TPSA) is 77.8 Å². The van der Waals surface area contributed by atoms with Gasteiger partial charge in [-0.2, -0.15) is 0 Å². The summed E-state index contributed by atoms with van der Waals surface area (Å²) in [5.41, 5.74) is 1.03. The van der Waals surface area contributed by atoms with Crippen molar-refractivity contribution >= 4 is 11.9 Å². The summed E-state index contributed by atoms with van der Waals surface area (Å²) in [6.07, 6.45) is 0. The zero-order valence-corrected chi connectivity index (χ0v) is 9.80. The number of likely N-dealkylation sites (N-methyl/N-ethyl adjacent to an activating group) is 1. The summed E-state index contributed by atoms with van der Waals surface area (Å²) in [6, 6.07) is 4.38. The van der Waals surface area contributed by atoms with Crippen molar-refractivity contribution in [2.45, 2.75) is 13.8 Å². The Morgan fingerprint density at radius 1 is 1.35 bits per heavy atom. The lowest BCUT2D eigenvalue weighted by molar-refractivity contribution is -0.137. The quantitative estimate of drug-likeness (QED) is 0.826. The highest BCUT2D eigenvalue weighted by atomic mass is 16.4. The van der Waals surface area contributed by atoms with Gasteiger partial charge in [-0.25, -0.2) is 0 Å². The van der Waals surface area contributed by atoms with E-state index in [-0.39, 0.29) is 18.2 Å². The maximum atomic E-state index is 12.0. The van der Waals surface area contributed by atoms with Gasteiger partial charge >= 0.3 is 5.97 Å². The summed E-state index contributed by atoms with van der Waals surface area (Å²) in [5.74, 6) is -1.30. The van der Waals surface area contributed by atoms with Crippen molar-refractivity contribution < 1.29 is 19.8 Å². The third-order valence-electron chi connectivity index (χ3n) is 2.44. The first kappa shape index (κ1) is 13.0. The van der Waals surface area contributed by atoms with Gasteiger partial charge in [-0.3, -0.25) is 9.59 Å². The lowest BCUT2D eigenvalue weighted by atomic mass is 10.1. The highest BCUT2D eigenvalue weighted by Gasteiger charge is 2.18. The number of carboxylic acid groups (broad SMARTS) is 1. The predicted molar refractivity (Wildman–Crippen MR) is 62.1 cm³/mol. The van der Waals surface area contributed by atoms with Gasteiger partial charge in [0.2, 0.25) is 0 Å². The fourth-order valence-electron chi connectivity index (χ4n) is 1.55. The number of carbonyl (C=O) groups excluding carboxylic acids is 1. The lowest BCUT2D eigenvalue weighted by Crippen LogP contribution is -2.35. The molecule has 0 aliphatic heterocycles. The van der Waals surface area contributed by atoms with Gasteiger partial charge in [-0.05, 0) is 37.6 Å². The van der Waals surface area contributed by atoms with Gasteiger partial charge in [-0.15, -0.1) is 0 Å². The highest BCUT2D eigenvalue weighted by molar-refractivity contribution is 5.97. The summed E-state index contributed by atoms with van der Waals surface area (Å²) in [6.45, 7) is 3.42. The fraction of sp³-hybridized carbons (Fsp3) is 0.333. The van der Waals surface area contributed by atoms with E-state index in [1.54, 1.807) is 13.8 Å². The van der Waals surface area contributed by atoms with Gasteiger partial charge in [0.15, 0.2) is 0 Å². The van der Waals surface area contributed by atoms with Crippen LogP contribution in [0.5, 0.6) is 5.75 Å². The monoisotopic (exact) mass is 237 g/mol. The molecule has 5 heteroatoms.